The van der Waals surface area contributed by atoms with Crippen molar-refractivity contribution in [2.45, 2.75) is 25.5 Å². The molecule has 1 N–H and O–H groups in total. The predicted molar refractivity (Wildman–Crippen MR) is 69.3 cm³/mol. The molecule has 0 aromatic rings. The van der Waals surface area contributed by atoms with Crippen LogP contribution in [0.15, 0.2) is 0 Å². The topological polar surface area (TPSA) is 46.2 Å². The maximum absolute atomic E-state index is 11.4. The first-order valence-electron chi connectivity index (χ1n) is 5.10. The van der Waals surface area contributed by atoms with E-state index in [2.05, 4.69) is 18.5 Å². The Morgan fingerprint density at radius 2 is 1.93 bits per heavy atom. The van der Waals surface area contributed by atoms with Crippen LogP contribution in [0.3, 0.4) is 0 Å². The molecule has 0 aromatic carbocycles. The molecule has 3 nitrogen and oxygen atoms in total. The van der Waals surface area contributed by atoms with Crippen molar-refractivity contribution in [3.63, 3.8) is 0 Å². The third-order valence-corrected chi connectivity index (χ3v) is 5.55. The number of rotatable bonds is 7. The summed E-state index contributed by atoms with van der Waals surface area (Å²) < 4.78 is 22.1. The van der Waals surface area contributed by atoms with Crippen molar-refractivity contribution in [2.24, 2.45) is 5.92 Å². The lowest BCUT2D eigenvalue weighted by molar-refractivity contribution is 0.493. The van der Waals surface area contributed by atoms with Crippen molar-refractivity contribution in [1.82, 2.24) is 5.32 Å². The standard InChI is InChI=1S/C10H23NO2S2/c1-9(7-14-4)6-11-8-10(2,3)15(5,12)13/h9,11H,6-8H2,1-5H3. The lowest BCUT2D eigenvalue weighted by Crippen LogP contribution is -2.43. The van der Waals surface area contributed by atoms with Crippen molar-refractivity contribution in [2.75, 3.05) is 31.4 Å². The highest BCUT2D eigenvalue weighted by Crippen LogP contribution is 2.13. The van der Waals surface area contributed by atoms with Crippen LogP contribution in [0.1, 0.15) is 20.8 Å². The van der Waals surface area contributed by atoms with Gasteiger partial charge < -0.3 is 5.32 Å². The summed E-state index contributed by atoms with van der Waals surface area (Å²) >= 11 is 1.81. The van der Waals surface area contributed by atoms with E-state index in [9.17, 15) is 8.42 Å². The molecule has 0 radical (unpaired) electrons. The molecular weight excluding hydrogens is 230 g/mol. The van der Waals surface area contributed by atoms with Gasteiger partial charge in [0.15, 0.2) is 9.84 Å². The summed E-state index contributed by atoms with van der Waals surface area (Å²) in [5.41, 5.74) is 0. The van der Waals surface area contributed by atoms with Gasteiger partial charge in [-0.15, -0.1) is 0 Å². The quantitative estimate of drug-likeness (QED) is 0.745. The van der Waals surface area contributed by atoms with Gasteiger partial charge in [0.25, 0.3) is 0 Å². The molecular formula is C10H23NO2S2. The zero-order chi connectivity index (χ0) is 12.1. The van der Waals surface area contributed by atoms with E-state index in [0.29, 0.717) is 12.5 Å². The molecule has 0 saturated carbocycles. The molecule has 0 bridgehead atoms. The van der Waals surface area contributed by atoms with Gasteiger partial charge in [-0.1, -0.05) is 6.92 Å². The van der Waals surface area contributed by atoms with Crippen molar-refractivity contribution in [3.05, 3.63) is 0 Å². The minimum atomic E-state index is -2.98. The highest BCUT2D eigenvalue weighted by Gasteiger charge is 2.29. The molecule has 0 aliphatic carbocycles. The van der Waals surface area contributed by atoms with Crippen LogP contribution in [-0.4, -0.2) is 44.5 Å². The second-order valence-electron chi connectivity index (χ2n) is 4.72. The normalized spacial score (nSPS) is 15.3. The Kier molecular flexibility index (Phi) is 6.21. The van der Waals surface area contributed by atoms with Gasteiger partial charge >= 0.3 is 0 Å². The largest absolute Gasteiger partial charge is 0.315 e. The number of hydrogen-bond donors (Lipinski definition) is 1. The average molecular weight is 253 g/mol. The zero-order valence-corrected chi connectivity index (χ0v) is 12.0. The Bertz CT molecular complexity index is 273. The first kappa shape index (κ1) is 15.3. The lowest BCUT2D eigenvalue weighted by atomic mass is 10.2. The van der Waals surface area contributed by atoms with Crippen LogP contribution in [0, 0.1) is 5.92 Å². The number of thioether (sulfide) groups is 1. The van der Waals surface area contributed by atoms with Crippen LogP contribution in [-0.2, 0) is 9.84 Å². The Balaban J connectivity index is 3.96. The number of hydrogen-bond acceptors (Lipinski definition) is 4. The first-order valence-corrected chi connectivity index (χ1v) is 8.38. The smallest absolute Gasteiger partial charge is 0.153 e. The average Bonchev–Trinajstić information content (AvgIpc) is 2.01. The van der Waals surface area contributed by atoms with E-state index in [1.807, 2.05) is 11.8 Å². The van der Waals surface area contributed by atoms with Gasteiger partial charge in [0.05, 0.1) is 4.75 Å². The van der Waals surface area contributed by atoms with Crippen molar-refractivity contribution in [1.29, 1.82) is 0 Å². The van der Waals surface area contributed by atoms with Crippen LogP contribution < -0.4 is 5.32 Å². The minimum absolute atomic E-state index is 0.518. The lowest BCUT2D eigenvalue weighted by Gasteiger charge is -2.23. The van der Waals surface area contributed by atoms with Gasteiger partial charge in [-0.05, 0) is 38.3 Å². The molecule has 0 aliphatic heterocycles. The summed E-state index contributed by atoms with van der Waals surface area (Å²) in [6.07, 6.45) is 3.37. The van der Waals surface area contributed by atoms with E-state index >= 15 is 0 Å². The van der Waals surface area contributed by atoms with E-state index in [-0.39, 0.29) is 0 Å². The monoisotopic (exact) mass is 253 g/mol. The van der Waals surface area contributed by atoms with Crippen LogP contribution in [0.25, 0.3) is 0 Å². The Morgan fingerprint density at radius 3 is 2.33 bits per heavy atom. The Morgan fingerprint density at radius 1 is 1.40 bits per heavy atom. The second-order valence-corrected chi connectivity index (χ2v) is 8.28. The van der Waals surface area contributed by atoms with Crippen molar-refractivity contribution < 1.29 is 8.42 Å². The van der Waals surface area contributed by atoms with Crippen molar-refractivity contribution in [3.8, 4) is 0 Å². The third-order valence-electron chi connectivity index (χ3n) is 2.50. The van der Waals surface area contributed by atoms with Crippen LogP contribution in [0.5, 0.6) is 0 Å². The first-order chi connectivity index (χ1) is 6.70. The molecule has 0 aromatic heterocycles. The summed E-state index contributed by atoms with van der Waals surface area (Å²) in [6, 6.07) is 0. The fourth-order valence-electron chi connectivity index (χ4n) is 1.09. The Labute approximate surface area is 98.3 Å². The summed E-state index contributed by atoms with van der Waals surface area (Å²) in [5.74, 6) is 1.68. The molecule has 15 heavy (non-hydrogen) atoms. The van der Waals surface area contributed by atoms with Crippen LogP contribution in [0.4, 0.5) is 0 Å². The van der Waals surface area contributed by atoms with E-state index in [1.54, 1.807) is 13.8 Å². The van der Waals surface area contributed by atoms with Crippen molar-refractivity contribution >= 4 is 21.6 Å². The fourth-order valence-corrected chi connectivity index (χ4v) is 2.15. The molecule has 0 spiro atoms. The molecule has 0 rings (SSSR count). The molecule has 0 heterocycles. The Hall–Kier alpha value is 0.260. The van der Waals surface area contributed by atoms with E-state index in [4.69, 9.17) is 0 Å². The van der Waals surface area contributed by atoms with Gasteiger partial charge in [0.1, 0.15) is 0 Å². The summed E-state index contributed by atoms with van der Waals surface area (Å²) in [6.45, 7) is 7.07. The van der Waals surface area contributed by atoms with Crippen LogP contribution in [0.2, 0.25) is 0 Å². The second kappa shape index (κ2) is 6.11. The van der Waals surface area contributed by atoms with Gasteiger partial charge in [0.2, 0.25) is 0 Å². The summed E-state index contributed by atoms with van der Waals surface area (Å²) in [7, 11) is -2.98. The molecule has 0 amide bonds. The van der Waals surface area contributed by atoms with E-state index in [1.165, 1.54) is 6.26 Å². The number of nitrogens with one attached hydrogen (secondary N) is 1. The minimum Gasteiger partial charge on any atom is -0.315 e. The third kappa shape index (κ3) is 5.78. The highest BCUT2D eigenvalue weighted by atomic mass is 32.2. The predicted octanol–water partition coefficient (Wildman–Crippen LogP) is 1.40. The van der Waals surface area contributed by atoms with E-state index in [0.717, 1.165) is 12.3 Å². The number of sulfone groups is 1. The summed E-state index contributed by atoms with van der Waals surface area (Å²) in [4.78, 5) is 0. The van der Waals surface area contributed by atoms with Crippen LogP contribution >= 0.6 is 11.8 Å². The fraction of sp³-hybridized carbons (Fsp3) is 1.00. The van der Waals surface area contributed by atoms with Gasteiger partial charge in [-0.2, -0.15) is 11.8 Å². The van der Waals surface area contributed by atoms with Gasteiger partial charge in [0, 0.05) is 12.8 Å². The maximum atomic E-state index is 11.4. The van der Waals surface area contributed by atoms with E-state index < -0.39 is 14.6 Å². The SMILES string of the molecule is CSCC(C)CNCC(C)(C)S(C)(=O)=O. The highest BCUT2D eigenvalue weighted by molar-refractivity contribution is 7.98. The summed E-state index contributed by atoms with van der Waals surface area (Å²) in [5, 5.41) is 3.22. The van der Waals surface area contributed by atoms with Gasteiger partial charge in [-0.3, -0.25) is 0 Å². The molecule has 0 fully saturated rings. The molecule has 1 atom stereocenters. The molecule has 0 saturated heterocycles. The molecule has 0 aliphatic rings. The van der Waals surface area contributed by atoms with Gasteiger partial charge in [-0.25, -0.2) is 8.42 Å². The molecule has 92 valence electrons. The maximum Gasteiger partial charge on any atom is 0.153 e. The zero-order valence-electron chi connectivity index (χ0n) is 10.3. The molecule has 5 heteroatoms. The molecule has 1 unspecified atom stereocenters.